The largest absolute Gasteiger partial charge is 0.492 e. The van der Waals surface area contributed by atoms with E-state index in [9.17, 15) is 9.18 Å². The minimum atomic E-state index is -0.401. The van der Waals surface area contributed by atoms with Gasteiger partial charge in [0.2, 0.25) is 0 Å². The molecule has 8 nitrogen and oxygen atoms in total. The maximum atomic E-state index is 13.9. The number of nitrogens with zero attached hydrogens (tertiary/aromatic N) is 4. The molecule has 0 aliphatic heterocycles. The molecule has 2 amide bonds. The third-order valence-electron chi connectivity index (χ3n) is 5.50. The molecule has 0 saturated carbocycles. The minimum absolute atomic E-state index is 0.280. The van der Waals surface area contributed by atoms with Crippen LogP contribution in [0.2, 0.25) is 0 Å². The maximum absolute atomic E-state index is 13.9. The van der Waals surface area contributed by atoms with E-state index in [1.54, 1.807) is 48.1 Å². The van der Waals surface area contributed by atoms with Crippen molar-refractivity contribution in [3.8, 4) is 28.3 Å². The van der Waals surface area contributed by atoms with Crippen molar-refractivity contribution < 1.29 is 13.9 Å². The van der Waals surface area contributed by atoms with Crippen molar-refractivity contribution in [2.75, 3.05) is 18.5 Å². The average Bonchev–Trinajstić information content (AvgIpc) is 3.29. The number of urea groups is 1. The number of benzene rings is 2. The van der Waals surface area contributed by atoms with Gasteiger partial charge in [-0.15, -0.1) is 0 Å². The number of rotatable bonds is 7. The highest BCUT2D eigenvalue weighted by atomic mass is 19.1. The van der Waals surface area contributed by atoms with Gasteiger partial charge in [0.25, 0.3) is 0 Å². The van der Waals surface area contributed by atoms with Crippen molar-refractivity contribution in [1.82, 2.24) is 24.9 Å². The predicted molar refractivity (Wildman–Crippen MR) is 135 cm³/mol. The van der Waals surface area contributed by atoms with Crippen LogP contribution in [0.1, 0.15) is 5.56 Å². The molecule has 0 unspecified atom stereocenters. The molecule has 0 spiro atoms. The van der Waals surface area contributed by atoms with Crippen LogP contribution in [-0.4, -0.2) is 38.8 Å². The zero-order chi connectivity index (χ0) is 24.9. The zero-order valence-corrected chi connectivity index (χ0v) is 19.5. The Kier molecular flexibility index (Phi) is 6.53. The molecule has 0 aliphatic carbocycles. The van der Waals surface area contributed by atoms with Crippen LogP contribution in [0.3, 0.4) is 0 Å². The highest BCUT2D eigenvalue weighted by Gasteiger charge is 2.18. The summed E-state index contributed by atoms with van der Waals surface area (Å²) in [5, 5.41) is 9.96. The number of anilines is 1. The Labute approximate surface area is 206 Å². The first-order chi connectivity index (χ1) is 17.6. The summed E-state index contributed by atoms with van der Waals surface area (Å²) in [6.07, 6.45) is 3.27. The Morgan fingerprint density at radius 1 is 1.00 bits per heavy atom. The van der Waals surface area contributed by atoms with Crippen LogP contribution in [0, 0.1) is 12.7 Å². The van der Waals surface area contributed by atoms with Crippen molar-refractivity contribution in [3.63, 3.8) is 0 Å². The molecule has 0 bridgehead atoms. The molecule has 3 heterocycles. The van der Waals surface area contributed by atoms with E-state index in [4.69, 9.17) is 9.72 Å². The highest BCUT2D eigenvalue weighted by Crippen LogP contribution is 2.33. The molecular formula is C27H23FN6O2. The van der Waals surface area contributed by atoms with Crippen LogP contribution < -0.4 is 15.4 Å². The van der Waals surface area contributed by atoms with E-state index in [0.717, 1.165) is 16.9 Å². The lowest BCUT2D eigenvalue weighted by atomic mass is 10.0. The molecule has 5 aromatic rings. The fourth-order valence-electron chi connectivity index (χ4n) is 3.80. The van der Waals surface area contributed by atoms with Crippen LogP contribution in [-0.2, 0) is 0 Å². The van der Waals surface area contributed by atoms with Crippen molar-refractivity contribution >= 4 is 17.5 Å². The monoisotopic (exact) mass is 482 g/mol. The average molecular weight is 483 g/mol. The number of aromatic nitrogens is 4. The number of hydrogen-bond acceptors (Lipinski definition) is 5. The number of fused-ring (bicyclic) bond motifs is 1. The SMILES string of the molecule is Cc1cc(-c2nc3cccnn3c2-c2ccnc(NC(=O)NCCOc3ccccc3)c2)ccc1F. The molecule has 0 saturated heterocycles. The maximum Gasteiger partial charge on any atom is 0.320 e. The van der Waals surface area contributed by atoms with Crippen LogP contribution in [0.4, 0.5) is 15.0 Å². The van der Waals surface area contributed by atoms with E-state index in [1.807, 2.05) is 42.5 Å². The first-order valence-electron chi connectivity index (χ1n) is 11.4. The van der Waals surface area contributed by atoms with Gasteiger partial charge in [-0.25, -0.2) is 23.7 Å². The van der Waals surface area contributed by atoms with Gasteiger partial charge in [0.05, 0.1) is 12.2 Å². The topological polar surface area (TPSA) is 93.4 Å². The number of halogens is 1. The van der Waals surface area contributed by atoms with E-state index >= 15 is 0 Å². The van der Waals surface area contributed by atoms with Crippen molar-refractivity contribution in [2.45, 2.75) is 6.92 Å². The second kappa shape index (κ2) is 10.2. The lowest BCUT2D eigenvalue weighted by Gasteiger charge is -2.10. The van der Waals surface area contributed by atoms with Gasteiger partial charge in [0.1, 0.15) is 29.7 Å². The number of ether oxygens (including phenoxy) is 1. The van der Waals surface area contributed by atoms with Crippen LogP contribution >= 0.6 is 0 Å². The first kappa shape index (κ1) is 23.0. The molecule has 36 heavy (non-hydrogen) atoms. The van der Waals surface area contributed by atoms with Crippen molar-refractivity contribution in [3.05, 3.63) is 96.6 Å². The van der Waals surface area contributed by atoms with Crippen LogP contribution in [0.25, 0.3) is 28.2 Å². The van der Waals surface area contributed by atoms with Crippen LogP contribution in [0.15, 0.2) is 85.2 Å². The Morgan fingerprint density at radius 3 is 2.69 bits per heavy atom. The highest BCUT2D eigenvalue weighted by molar-refractivity contribution is 5.89. The quantitative estimate of drug-likeness (QED) is 0.315. The molecule has 0 fully saturated rings. The fourth-order valence-corrected chi connectivity index (χ4v) is 3.80. The standard InChI is InChI=1S/C27H23FN6O2/c1-18-16-19(9-10-22(18)28)25-26(34-24(33-25)8-5-12-31-34)20-11-13-29-23(17-20)32-27(35)30-14-15-36-21-6-3-2-4-7-21/h2-13,16-17H,14-15H2,1H3,(H2,29,30,32,35). The molecular weight excluding hydrogens is 459 g/mol. The van der Waals surface area contributed by atoms with E-state index in [1.165, 1.54) is 6.07 Å². The van der Waals surface area contributed by atoms with Gasteiger partial charge in [-0.1, -0.05) is 18.2 Å². The molecule has 2 aromatic carbocycles. The molecule has 2 N–H and O–H groups in total. The molecule has 0 aliphatic rings. The number of aryl methyl sites for hydroxylation is 1. The number of carbonyl (C=O) groups is 1. The van der Waals surface area contributed by atoms with Gasteiger partial charge in [0.15, 0.2) is 5.65 Å². The van der Waals surface area contributed by atoms with Gasteiger partial charge >= 0.3 is 6.03 Å². The van der Waals surface area contributed by atoms with Gasteiger partial charge in [-0.05, 0) is 67.1 Å². The third kappa shape index (κ3) is 5.00. The number of carbonyl (C=O) groups excluding carboxylic acids is 1. The molecule has 9 heteroatoms. The summed E-state index contributed by atoms with van der Waals surface area (Å²) in [6.45, 7) is 2.37. The van der Waals surface area contributed by atoms with E-state index < -0.39 is 6.03 Å². The molecule has 180 valence electrons. The Morgan fingerprint density at radius 2 is 1.86 bits per heavy atom. The molecule has 0 atom stereocenters. The number of imidazole rings is 1. The van der Waals surface area contributed by atoms with Gasteiger partial charge in [-0.2, -0.15) is 5.10 Å². The summed E-state index contributed by atoms with van der Waals surface area (Å²) in [4.78, 5) is 21.4. The summed E-state index contributed by atoms with van der Waals surface area (Å²) in [5.74, 6) is 0.821. The Hall–Kier alpha value is -4.79. The number of hydrogen-bond donors (Lipinski definition) is 2. The van der Waals surface area contributed by atoms with Gasteiger partial charge in [-0.3, -0.25) is 5.32 Å². The summed E-state index contributed by atoms with van der Waals surface area (Å²) < 4.78 is 21.2. The van der Waals surface area contributed by atoms with Crippen LogP contribution in [0.5, 0.6) is 5.75 Å². The Balaban J connectivity index is 1.36. The van der Waals surface area contributed by atoms with Crippen molar-refractivity contribution in [1.29, 1.82) is 0 Å². The first-order valence-corrected chi connectivity index (χ1v) is 11.4. The normalized spacial score (nSPS) is 10.8. The lowest BCUT2D eigenvalue weighted by Crippen LogP contribution is -2.32. The summed E-state index contributed by atoms with van der Waals surface area (Å²) in [5.41, 5.74) is 4.03. The predicted octanol–water partition coefficient (Wildman–Crippen LogP) is 5.11. The number of pyridine rings is 1. The molecule has 0 radical (unpaired) electrons. The number of para-hydroxylation sites is 1. The van der Waals surface area contributed by atoms with E-state index in [2.05, 4.69) is 20.7 Å². The lowest BCUT2D eigenvalue weighted by molar-refractivity contribution is 0.247. The zero-order valence-electron chi connectivity index (χ0n) is 19.5. The van der Waals surface area contributed by atoms with Gasteiger partial charge in [0, 0.05) is 23.5 Å². The number of nitrogens with one attached hydrogen (secondary N) is 2. The fraction of sp³-hybridized carbons (Fsp3) is 0.111. The summed E-state index contributed by atoms with van der Waals surface area (Å²) >= 11 is 0. The molecule has 5 rings (SSSR count). The summed E-state index contributed by atoms with van der Waals surface area (Å²) in [6, 6.07) is 21.1. The smallest absolute Gasteiger partial charge is 0.320 e. The van der Waals surface area contributed by atoms with E-state index in [0.29, 0.717) is 41.6 Å². The number of amides is 2. The second-order valence-corrected chi connectivity index (χ2v) is 8.04. The van der Waals surface area contributed by atoms with Gasteiger partial charge < -0.3 is 10.1 Å². The third-order valence-corrected chi connectivity index (χ3v) is 5.50. The van der Waals surface area contributed by atoms with E-state index in [-0.39, 0.29) is 5.82 Å². The summed E-state index contributed by atoms with van der Waals surface area (Å²) in [7, 11) is 0. The second-order valence-electron chi connectivity index (χ2n) is 8.04. The minimum Gasteiger partial charge on any atom is -0.492 e. The molecule has 3 aromatic heterocycles. The Bertz CT molecular complexity index is 1520. The van der Waals surface area contributed by atoms with Crippen molar-refractivity contribution in [2.24, 2.45) is 0 Å².